The highest BCUT2D eigenvalue weighted by atomic mass is 14.6. The first-order valence-corrected chi connectivity index (χ1v) is 4.79. The maximum atomic E-state index is 5.82. The molecule has 2 rings (SSSR count). The average molecular weight is 173 g/mol. The second-order valence-corrected chi connectivity index (χ2v) is 3.76. The fourth-order valence-corrected chi connectivity index (χ4v) is 1.83. The lowest BCUT2D eigenvalue weighted by molar-refractivity contribution is 0.782. The minimum absolute atomic E-state index is 0.274. The van der Waals surface area contributed by atoms with Crippen LogP contribution in [0.3, 0.4) is 0 Å². The predicted octanol–water partition coefficient (Wildman–Crippen LogP) is 2.50. The quantitative estimate of drug-likeness (QED) is 0.693. The summed E-state index contributed by atoms with van der Waals surface area (Å²) in [5.74, 6) is 0. The van der Waals surface area contributed by atoms with Crippen molar-refractivity contribution in [1.29, 1.82) is 0 Å². The summed E-state index contributed by atoms with van der Waals surface area (Å²) in [5.41, 5.74) is 9.90. The topological polar surface area (TPSA) is 26.0 Å². The summed E-state index contributed by atoms with van der Waals surface area (Å²) in [6.07, 6.45) is 4.42. The molecule has 1 aliphatic carbocycles. The van der Waals surface area contributed by atoms with E-state index in [0.717, 1.165) is 12.8 Å². The molecule has 1 nitrogen and oxygen atoms in total. The Morgan fingerprint density at radius 3 is 2.85 bits per heavy atom. The summed E-state index contributed by atoms with van der Waals surface area (Å²) in [6.45, 7) is 2.12. The molecule has 1 aromatic carbocycles. The minimum Gasteiger partial charge on any atom is -0.324 e. The number of hydrogen-bond donors (Lipinski definition) is 1. The Kier molecular flexibility index (Phi) is 2.19. The number of hydrogen-bond acceptors (Lipinski definition) is 1. The van der Waals surface area contributed by atoms with Gasteiger partial charge in [0.1, 0.15) is 0 Å². The van der Waals surface area contributed by atoms with Crippen molar-refractivity contribution in [2.45, 2.75) is 25.8 Å². The maximum absolute atomic E-state index is 5.82. The standard InChI is InChI=1S/C12H15N/c1-9-3-2-4-10(7-9)11-5-6-12(13)8-11/h2-4,7-8,12H,5-6,13H2,1H3. The summed E-state index contributed by atoms with van der Waals surface area (Å²) in [6, 6.07) is 8.89. The molecule has 0 amide bonds. The van der Waals surface area contributed by atoms with Crippen LogP contribution in [0.25, 0.3) is 5.57 Å². The number of rotatable bonds is 1. The normalized spacial score (nSPS) is 21.7. The lowest BCUT2D eigenvalue weighted by Gasteiger charge is -2.02. The largest absolute Gasteiger partial charge is 0.324 e. The van der Waals surface area contributed by atoms with Crippen LogP contribution in [-0.4, -0.2) is 6.04 Å². The van der Waals surface area contributed by atoms with E-state index in [1.165, 1.54) is 16.7 Å². The summed E-state index contributed by atoms with van der Waals surface area (Å²) in [7, 11) is 0. The van der Waals surface area contributed by atoms with Crippen LogP contribution in [0.2, 0.25) is 0 Å². The molecule has 0 fully saturated rings. The molecule has 1 aromatic rings. The molecule has 0 bridgehead atoms. The first-order chi connectivity index (χ1) is 6.25. The van der Waals surface area contributed by atoms with Crippen LogP contribution in [0.5, 0.6) is 0 Å². The van der Waals surface area contributed by atoms with E-state index >= 15 is 0 Å². The molecule has 68 valence electrons. The zero-order valence-electron chi connectivity index (χ0n) is 7.96. The van der Waals surface area contributed by atoms with E-state index in [1.54, 1.807) is 0 Å². The average Bonchev–Trinajstić information content (AvgIpc) is 2.52. The molecule has 1 aliphatic rings. The summed E-state index contributed by atoms with van der Waals surface area (Å²) >= 11 is 0. The molecule has 0 heterocycles. The monoisotopic (exact) mass is 173 g/mol. The summed E-state index contributed by atoms with van der Waals surface area (Å²) in [5, 5.41) is 0. The molecular formula is C12H15N. The van der Waals surface area contributed by atoms with Gasteiger partial charge in [-0.15, -0.1) is 0 Å². The van der Waals surface area contributed by atoms with Crippen molar-refractivity contribution >= 4 is 5.57 Å². The van der Waals surface area contributed by atoms with E-state index < -0.39 is 0 Å². The second-order valence-electron chi connectivity index (χ2n) is 3.76. The first-order valence-electron chi connectivity index (χ1n) is 4.79. The van der Waals surface area contributed by atoms with Crippen LogP contribution in [0, 0.1) is 6.92 Å². The molecule has 0 saturated carbocycles. The molecule has 0 aliphatic heterocycles. The summed E-state index contributed by atoms with van der Waals surface area (Å²) < 4.78 is 0. The van der Waals surface area contributed by atoms with Crippen LogP contribution in [0.4, 0.5) is 0 Å². The van der Waals surface area contributed by atoms with E-state index in [9.17, 15) is 0 Å². The van der Waals surface area contributed by atoms with Crippen LogP contribution in [-0.2, 0) is 0 Å². The number of benzene rings is 1. The van der Waals surface area contributed by atoms with E-state index in [-0.39, 0.29) is 6.04 Å². The maximum Gasteiger partial charge on any atom is 0.0232 e. The van der Waals surface area contributed by atoms with E-state index in [1.807, 2.05) is 0 Å². The van der Waals surface area contributed by atoms with Crippen molar-refractivity contribution in [1.82, 2.24) is 0 Å². The molecule has 2 N–H and O–H groups in total. The van der Waals surface area contributed by atoms with Gasteiger partial charge in [0.05, 0.1) is 0 Å². The van der Waals surface area contributed by atoms with Gasteiger partial charge in [-0.1, -0.05) is 35.9 Å². The molecule has 1 unspecified atom stereocenters. The molecule has 0 spiro atoms. The number of nitrogens with two attached hydrogens (primary N) is 1. The Morgan fingerprint density at radius 2 is 2.23 bits per heavy atom. The molecular weight excluding hydrogens is 158 g/mol. The molecule has 1 heteroatoms. The third-order valence-electron chi connectivity index (χ3n) is 2.55. The highest BCUT2D eigenvalue weighted by Crippen LogP contribution is 2.27. The Balaban J connectivity index is 2.31. The van der Waals surface area contributed by atoms with Crippen molar-refractivity contribution in [2.24, 2.45) is 5.73 Å². The van der Waals surface area contributed by atoms with E-state index in [0.29, 0.717) is 0 Å². The van der Waals surface area contributed by atoms with Gasteiger partial charge in [0.2, 0.25) is 0 Å². The lowest BCUT2D eigenvalue weighted by Crippen LogP contribution is -2.11. The van der Waals surface area contributed by atoms with Crippen molar-refractivity contribution in [3.63, 3.8) is 0 Å². The highest BCUT2D eigenvalue weighted by Gasteiger charge is 2.12. The Bertz CT molecular complexity index is 339. The van der Waals surface area contributed by atoms with Gasteiger partial charge in [0.15, 0.2) is 0 Å². The molecule has 0 radical (unpaired) electrons. The fraction of sp³-hybridized carbons (Fsp3) is 0.333. The van der Waals surface area contributed by atoms with Crippen molar-refractivity contribution in [3.05, 3.63) is 41.5 Å². The van der Waals surface area contributed by atoms with Crippen molar-refractivity contribution in [3.8, 4) is 0 Å². The van der Waals surface area contributed by atoms with Gasteiger partial charge in [-0.3, -0.25) is 0 Å². The Hall–Kier alpha value is -1.08. The van der Waals surface area contributed by atoms with Gasteiger partial charge in [0.25, 0.3) is 0 Å². The Labute approximate surface area is 79.3 Å². The van der Waals surface area contributed by atoms with Gasteiger partial charge in [-0.05, 0) is 30.9 Å². The SMILES string of the molecule is Cc1cccc(C2=CC(N)CC2)c1. The van der Waals surface area contributed by atoms with Crippen molar-refractivity contribution < 1.29 is 0 Å². The van der Waals surface area contributed by atoms with Crippen molar-refractivity contribution in [2.75, 3.05) is 0 Å². The number of allylic oxidation sites excluding steroid dienone is 1. The third-order valence-corrected chi connectivity index (χ3v) is 2.55. The highest BCUT2D eigenvalue weighted by molar-refractivity contribution is 5.68. The van der Waals surface area contributed by atoms with Crippen LogP contribution in [0.15, 0.2) is 30.3 Å². The van der Waals surface area contributed by atoms with Gasteiger partial charge in [-0.2, -0.15) is 0 Å². The Morgan fingerprint density at radius 1 is 1.38 bits per heavy atom. The van der Waals surface area contributed by atoms with Crippen LogP contribution >= 0.6 is 0 Å². The van der Waals surface area contributed by atoms with Crippen LogP contribution in [0.1, 0.15) is 24.0 Å². The van der Waals surface area contributed by atoms with E-state index in [2.05, 4.69) is 37.3 Å². The number of aryl methyl sites for hydroxylation is 1. The van der Waals surface area contributed by atoms with Gasteiger partial charge < -0.3 is 5.73 Å². The molecule has 1 atom stereocenters. The summed E-state index contributed by atoms with van der Waals surface area (Å²) in [4.78, 5) is 0. The molecule has 0 aromatic heterocycles. The van der Waals surface area contributed by atoms with E-state index in [4.69, 9.17) is 5.73 Å². The van der Waals surface area contributed by atoms with Crippen LogP contribution < -0.4 is 5.73 Å². The first kappa shape index (κ1) is 8.52. The third kappa shape index (κ3) is 1.81. The van der Waals surface area contributed by atoms with Gasteiger partial charge >= 0.3 is 0 Å². The predicted molar refractivity (Wildman–Crippen MR) is 56.4 cm³/mol. The minimum atomic E-state index is 0.274. The molecule has 13 heavy (non-hydrogen) atoms. The fourth-order valence-electron chi connectivity index (χ4n) is 1.83. The molecule has 0 saturated heterocycles. The lowest BCUT2D eigenvalue weighted by atomic mass is 10.0. The zero-order chi connectivity index (χ0) is 9.26. The second kappa shape index (κ2) is 3.35. The van der Waals surface area contributed by atoms with Gasteiger partial charge in [-0.25, -0.2) is 0 Å². The smallest absolute Gasteiger partial charge is 0.0232 e. The van der Waals surface area contributed by atoms with Gasteiger partial charge in [0, 0.05) is 6.04 Å². The zero-order valence-corrected chi connectivity index (χ0v) is 7.96.